The summed E-state index contributed by atoms with van der Waals surface area (Å²) in [5.41, 5.74) is -0.798. The second-order valence-electron chi connectivity index (χ2n) is 5.70. The van der Waals surface area contributed by atoms with E-state index >= 15 is 0 Å². The van der Waals surface area contributed by atoms with Gasteiger partial charge in [-0.2, -0.15) is 0 Å². The van der Waals surface area contributed by atoms with E-state index in [-0.39, 0.29) is 12.2 Å². The Labute approximate surface area is 110 Å². The molecule has 1 aliphatic rings. The molecule has 18 heavy (non-hydrogen) atoms. The highest BCUT2D eigenvalue weighted by atomic mass is 32.2. The van der Waals surface area contributed by atoms with E-state index in [1.54, 1.807) is 0 Å². The minimum atomic E-state index is -3.08. The zero-order chi connectivity index (χ0) is 13.8. The van der Waals surface area contributed by atoms with Crippen molar-refractivity contribution in [2.24, 2.45) is 11.3 Å². The number of hydrogen-bond donors (Lipinski definition) is 1. The number of sulfone groups is 1. The fourth-order valence-corrected chi connectivity index (χ4v) is 3.64. The summed E-state index contributed by atoms with van der Waals surface area (Å²) in [7, 11) is -3.08. The second-order valence-corrected chi connectivity index (χ2v) is 7.96. The van der Waals surface area contributed by atoms with Gasteiger partial charge in [-0.25, -0.2) is 8.42 Å². The monoisotopic (exact) mass is 276 g/mol. The summed E-state index contributed by atoms with van der Waals surface area (Å²) in [6, 6.07) is 0. The van der Waals surface area contributed by atoms with Gasteiger partial charge in [-0.05, 0) is 38.0 Å². The highest BCUT2D eigenvalue weighted by Crippen LogP contribution is 2.43. The van der Waals surface area contributed by atoms with Gasteiger partial charge in [-0.1, -0.05) is 19.8 Å². The van der Waals surface area contributed by atoms with Gasteiger partial charge in [0.1, 0.15) is 9.84 Å². The lowest BCUT2D eigenvalue weighted by Crippen LogP contribution is -2.37. The molecule has 1 aliphatic carbocycles. The first-order valence-electron chi connectivity index (χ1n) is 6.70. The van der Waals surface area contributed by atoms with Gasteiger partial charge in [0.2, 0.25) is 0 Å². The van der Waals surface area contributed by atoms with E-state index in [1.165, 1.54) is 6.26 Å². The van der Waals surface area contributed by atoms with Crippen LogP contribution in [0.3, 0.4) is 0 Å². The molecule has 0 radical (unpaired) electrons. The van der Waals surface area contributed by atoms with Crippen molar-refractivity contribution in [2.45, 2.75) is 51.9 Å². The average molecular weight is 276 g/mol. The van der Waals surface area contributed by atoms with Crippen LogP contribution in [0, 0.1) is 11.3 Å². The first-order valence-corrected chi connectivity index (χ1v) is 8.76. The maximum Gasteiger partial charge on any atom is 0.309 e. The van der Waals surface area contributed by atoms with E-state index in [2.05, 4.69) is 6.92 Å². The van der Waals surface area contributed by atoms with Crippen LogP contribution in [-0.4, -0.2) is 31.5 Å². The Bertz CT molecular complexity index is 378. The number of carboxylic acids is 1. The molecule has 1 N–H and O–H groups in total. The molecule has 0 bridgehead atoms. The Balaban J connectivity index is 2.64. The Morgan fingerprint density at radius 3 is 2.28 bits per heavy atom. The molecule has 0 spiro atoms. The third kappa shape index (κ3) is 4.26. The lowest BCUT2D eigenvalue weighted by atomic mass is 9.68. The average Bonchev–Trinajstić information content (AvgIpc) is 2.27. The van der Waals surface area contributed by atoms with Crippen LogP contribution in [0.25, 0.3) is 0 Å². The predicted octanol–water partition coefficient (Wildman–Crippen LogP) is 2.48. The number of carbonyl (C=O) groups is 1. The predicted molar refractivity (Wildman–Crippen MR) is 71.3 cm³/mol. The summed E-state index contributed by atoms with van der Waals surface area (Å²) in [5, 5.41) is 9.41. The molecule has 0 saturated heterocycles. The Morgan fingerprint density at radius 1 is 1.33 bits per heavy atom. The molecule has 0 aromatic carbocycles. The first kappa shape index (κ1) is 15.5. The lowest BCUT2D eigenvalue weighted by Gasteiger charge is -2.36. The molecular weight excluding hydrogens is 252 g/mol. The molecule has 0 aromatic rings. The standard InChI is InChI=1S/C13H24O4S/c1-3-4-11-5-7-13(8-6-11,12(14)15)9-10-18(2,16)17/h11H,3-10H2,1-2H3,(H,14,15). The summed E-state index contributed by atoms with van der Waals surface area (Å²) in [4.78, 5) is 11.5. The summed E-state index contributed by atoms with van der Waals surface area (Å²) in [6.45, 7) is 2.14. The van der Waals surface area contributed by atoms with Crippen LogP contribution in [0.15, 0.2) is 0 Å². The smallest absolute Gasteiger partial charge is 0.309 e. The Morgan fingerprint density at radius 2 is 1.89 bits per heavy atom. The van der Waals surface area contributed by atoms with Crippen molar-refractivity contribution < 1.29 is 18.3 Å². The summed E-state index contributed by atoms with van der Waals surface area (Å²) < 4.78 is 22.4. The molecule has 1 fully saturated rings. The summed E-state index contributed by atoms with van der Waals surface area (Å²) in [5.74, 6) is -0.209. The zero-order valence-corrected chi connectivity index (χ0v) is 12.1. The summed E-state index contributed by atoms with van der Waals surface area (Å²) >= 11 is 0. The molecule has 1 saturated carbocycles. The quantitative estimate of drug-likeness (QED) is 0.809. The topological polar surface area (TPSA) is 71.4 Å². The molecule has 1 rings (SSSR count). The van der Waals surface area contributed by atoms with Crippen molar-refractivity contribution in [3.8, 4) is 0 Å². The van der Waals surface area contributed by atoms with E-state index in [0.29, 0.717) is 18.8 Å². The van der Waals surface area contributed by atoms with Crippen molar-refractivity contribution >= 4 is 15.8 Å². The van der Waals surface area contributed by atoms with Crippen LogP contribution in [0.4, 0.5) is 0 Å². The van der Waals surface area contributed by atoms with Crippen LogP contribution in [-0.2, 0) is 14.6 Å². The molecule has 4 nitrogen and oxygen atoms in total. The van der Waals surface area contributed by atoms with Crippen LogP contribution < -0.4 is 0 Å². The minimum absolute atomic E-state index is 0.0161. The van der Waals surface area contributed by atoms with E-state index < -0.39 is 21.2 Å². The summed E-state index contributed by atoms with van der Waals surface area (Å²) in [6.07, 6.45) is 6.82. The van der Waals surface area contributed by atoms with E-state index in [4.69, 9.17) is 0 Å². The number of hydrogen-bond acceptors (Lipinski definition) is 3. The van der Waals surface area contributed by atoms with Gasteiger partial charge in [0, 0.05) is 6.26 Å². The molecule has 0 amide bonds. The molecule has 106 valence electrons. The van der Waals surface area contributed by atoms with Crippen LogP contribution in [0.2, 0.25) is 0 Å². The van der Waals surface area contributed by atoms with Crippen LogP contribution in [0.1, 0.15) is 51.9 Å². The van der Waals surface area contributed by atoms with Gasteiger partial charge >= 0.3 is 5.97 Å². The van der Waals surface area contributed by atoms with E-state index in [9.17, 15) is 18.3 Å². The van der Waals surface area contributed by atoms with Gasteiger partial charge in [0.15, 0.2) is 0 Å². The van der Waals surface area contributed by atoms with Gasteiger partial charge in [0.25, 0.3) is 0 Å². The van der Waals surface area contributed by atoms with Crippen molar-refractivity contribution in [3.05, 3.63) is 0 Å². The third-order valence-corrected chi connectivity index (χ3v) is 5.11. The number of aliphatic carboxylic acids is 1. The van der Waals surface area contributed by atoms with Crippen molar-refractivity contribution in [1.82, 2.24) is 0 Å². The molecule has 0 unspecified atom stereocenters. The molecular formula is C13H24O4S. The normalized spacial score (nSPS) is 29.1. The fourth-order valence-electron chi connectivity index (χ4n) is 2.88. The van der Waals surface area contributed by atoms with Gasteiger partial charge < -0.3 is 5.11 Å². The van der Waals surface area contributed by atoms with Gasteiger partial charge in [-0.15, -0.1) is 0 Å². The number of carboxylic acid groups (broad SMARTS) is 1. The van der Waals surface area contributed by atoms with Crippen LogP contribution in [0.5, 0.6) is 0 Å². The van der Waals surface area contributed by atoms with Crippen molar-refractivity contribution in [3.63, 3.8) is 0 Å². The molecule has 0 atom stereocenters. The maximum absolute atomic E-state index is 11.5. The minimum Gasteiger partial charge on any atom is -0.481 e. The molecule has 0 aromatic heterocycles. The third-order valence-electron chi connectivity index (χ3n) is 4.16. The molecule has 0 aliphatic heterocycles. The fraction of sp³-hybridized carbons (Fsp3) is 0.923. The van der Waals surface area contributed by atoms with Crippen molar-refractivity contribution in [2.75, 3.05) is 12.0 Å². The van der Waals surface area contributed by atoms with Gasteiger partial charge in [0.05, 0.1) is 11.2 Å². The van der Waals surface area contributed by atoms with Crippen LogP contribution >= 0.6 is 0 Å². The number of rotatable bonds is 6. The second kappa shape index (κ2) is 6.04. The zero-order valence-electron chi connectivity index (χ0n) is 11.3. The largest absolute Gasteiger partial charge is 0.481 e. The highest BCUT2D eigenvalue weighted by Gasteiger charge is 2.41. The lowest BCUT2D eigenvalue weighted by molar-refractivity contribution is -0.151. The maximum atomic E-state index is 11.5. The first-order chi connectivity index (χ1) is 8.29. The molecule has 0 heterocycles. The van der Waals surface area contributed by atoms with E-state index in [0.717, 1.165) is 25.7 Å². The Hall–Kier alpha value is -0.580. The Kier molecular flexibility index (Phi) is 5.20. The van der Waals surface area contributed by atoms with Crippen molar-refractivity contribution in [1.29, 1.82) is 0 Å². The van der Waals surface area contributed by atoms with E-state index in [1.807, 2.05) is 0 Å². The van der Waals surface area contributed by atoms with Gasteiger partial charge in [-0.3, -0.25) is 4.79 Å². The SMILES string of the molecule is CCCC1CCC(CCS(C)(=O)=O)(C(=O)O)CC1. The highest BCUT2D eigenvalue weighted by molar-refractivity contribution is 7.90. The molecule has 5 heteroatoms.